The highest BCUT2D eigenvalue weighted by Crippen LogP contribution is 2.24. The molecular weight excluding hydrogens is 282 g/mol. The van der Waals surface area contributed by atoms with Crippen molar-refractivity contribution in [2.24, 2.45) is 7.05 Å². The highest BCUT2D eigenvalue weighted by atomic mass is 79.9. The van der Waals surface area contributed by atoms with E-state index in [1.165, 1.54) is 0 Å². The molecule has 0 fully saturated rings. The van der Waals surface area contributed by atoms with Gasteiger partial charge in [-0.05, 0) is 34.5 Å². The Kier molecular flexibility index (Phi) is 3.33. The number of nitrogens with one attached hydrogen (secondary N) is 1. The third-order valence-electron chi connectivity index (χ3n) is 2.59. The average Bonchev–Trinajstić information content (AvgIpc) is 2.62. The molecule has 0 bridgehead atoms. The molecule has 0 aliphatic heterocycles. The Bertz CT molecular complexity index is 535. The van der Waals surface area contributed by atoms with Gasteiger partial charge in [0.2, 0.25) is 0 Å². The summed E-state index contributed by atoms with van der Waals surface area (Å²) >= 11 is 3.50. The summed E-state index contributed by atoms with van der Waals surface area (Å²) in [6, 6.07) is 1.95. The predicted octanol–water partition coefficient (Wildman–Crippen LogP) is 2.08. The van der Waals surface area contributed by atoms with Crippen molar-refractivity contribution in [2.45, 2.75) is 13.5 Å². The maximum absolute atomic E-state index is 5.86. The van der Waals surface area contributed by atoms with Crippen LogP contribution in [0, 0.1) is 6.92 Å². The number of aromatic nitrogens is 3. The van der Waals surface area contributed by atoms with Gasteiger partial charge in [-0.1, -0.05) is 0 Å². The van der Waals surface area contributed by atoms with Crippen LogP contribution in [0.3, 0.4) is 0 Å². The molecule has 3 N–H and O–H groups in total. The Morgan fingerprint density at radius 3 is 2.94 bits per heavy atom. The van der Waals surface area contributed by atoms with Crippen molar-refractivity contribution >= 4 is 27.6 Å². The fraction of sp³-hybridized carbons (Fsp3) is 0.273. The fourth-order valence-electron chi connectivity index (χ4n) is 1.47. The number of aryl methyl sites for hydroxylation is 2. The zero-order chi connectivity index (χ0) is 12.4. The first-order valence-electron chi connectivity index (χ1n) is 5.21. The van der Waals surface area contributed by atoms with Gasteiger partial charge in [0.05, 0.1) is 10.7 Å². The quantitative estimate of drug-likeness (QED) is 0.910. The minimum Gasteiger partial charge on any atom is -0.384 e. The number of hydrogen-bond donors (Lipinski definition) is 2. The van der Waals surface area contributed by atoms with Gasteiger partial charge in [0.1, 0.15) is 11.6 Å². The first kappa shape index (κ1) is 11.9. The van der Waals surface area contributed by atoms with Crippen LogP contribution in [0.1, 0.15) is 11.1 Å². The molecule has 0 amide bonds. The smallest absolute Gasteiger partial charge is 0.140 e. The fourth-order valence-corrected chi connectivity index (χ4v) is 1.85. The number of pyridine rings is 1. The Hall–Kier alpha value is -1.56. The van der Waals surface area contributed by atoms with Gasteiger partial charge >= 0.3 is 0 Å². The number of nitrogen functional groups attached to an aromatic ring is 1. The standard InChI is InChI=1S/C11H14BrN5/c1-7-3-4-14-11(9(7)12)15-5-8-6-16-17(2)10(8)13/h3-4,6H,5,13H2,1-2H3,(H,14,15). The molecule has 2 aromatic rings. The molecule has 2 heterocycles. The summed E-state index contributed by atoms with van der Waals surface area (Å²) in [5.41, 5.74) is 7.96. The third kappa shape index (κ3) is 2.41. The largest absolute Gasteiger partial charge is 0.384 e. The van der Waals surface area contributed by atoms with Gasteiger partial charge in [0.25, 0.3) is 0 Å². The van der Waals surface area contributed by atoms with Crippen LogP contribution in [-0.4, -0.2) is 14.8 Å². The van der Waals surface area contributed by atoms with Gasteiger partial charge < -0.3 is 11.1 Å². The van der Waals surface area contributed by atoms with E-state index in [4.69, 9.17) is 5.73 Å². The highest BCUT2D eigenvalue weighted by Gasteiger charge is 2.07. The topological polar surface area (TPSA) is 68.8 Å². The molecule has 0 radical (unpaired) electrons. The van der Waals surface area contributed by atoms with E-state index in [9.17, 15) is 0 Å². The molecule has 2 aromatic heterocycles. The molecule has 5 nitrogen and oxygen atoms in total. The monoisotopic (exact) mass is 295 g/mol. The Balaban J connectivity index is 2.13. The lowest BCUT2D eigenvalue weighted by molar-refractivity contribution is 0.778. The highest BCUT2D eigenvalue weighted by molar-refractivity contribution is 9.10. The lowest BCUT2D eigenvalue weighted by Crippen LogP contribution is -2.05. The van der Waals surface area contributed by atoms with Crippen LogP contribution in [-0.2, 0) is 13.6 Å². The number of nitrogens with zero attached hydrogens (tertiary/aromatic N) is 3. The molecule has 6 heteroatoms. The average molecular weight is 296 g/mol. The zero-order valence-corrected chi connectivity index (χ0v) is 11.3. The van der Waals surface area contributed by atoms with Crippen LogP contribution in [0.15, 0.2) is 22.9 Å². The summed E-state index contributed by atoms with van der Waals surface area (Å²) in [5.74, 6) is 1.48. The van der Waals surface area contributed by atoms with Crippen LogP contribution in [0.5, 0.6) is 0 Å². The molecule has 0 saturated heterocycles. The first-order valence-corrected chi connectivity index (χ1v) is 6.00. The van der Waals surface area contributed by atoms with Gasteiger partial charge in [-0.3, -0.25) is 4.68 Å². The van der Waals surface area contributed by atoms with Crippen molar-refractivity contribution < 1.29 is 0 Å². The van der Waals surface area contributed by atoms with Gasteiger partial charge in [-0.25, -0.2) is 4.98 Å². The second-order valence-corrected chi connectivity index (χ2v) is 4.62. The number of rotatable bonds is 3. The van der Waals surface area contributed by atoms with E-state index in [-0.39, 0.29) is 0 Å². The number of hydrogen-bond acceptors (Lipinski definition) is 4. The number of nitrogens with two attached hydrogens (primary N) is 1. The van der Waals surface area contributed by atoms with E-state index in [2.05, 4.69) is 31.3 Å². The van der Waals surface area contributed by atoms with E-state index in [1.807, 2.05) is 20.0 Å². The van der Waals surface area contributed by atoms with Gasteiger partial charge in [-0.2, -0.15) is 5.10 Å². The van der Waals surface area contributed by atoms with Crippen LogP contribution >= 0.6 is 15.9 Å². The first-order chi connectivity index (χ1) is 8.09. The van der Waals surface area contributed by atoms with Gasteiger partial charge in [0, 0.05) is 25.4 Å². The lowest BCUT2D eigenvalue weighted by Gasteiger charge is -2.08. The molecule has 2 rings (SSSR count). The van der Waals surface area contributed by atoms with E-state index in [1.54, 1.807) is 17.1 Å². The Morgan fingerprint density at radius 2 is 2.29 bits per heavy atom. The van der Waals surface area contributed by atoms with Crippen molar-refractivity contribution in [3.8, 4) is 0 Å². The van der Waals surface area contributed by atoms with E-state index in [0.29, 0.717) is 12.4 Å². The molecule has 0 aliphatic rings. The molecule has 17 heavy (non-hydrogen) atoms. The molecule has 0 aliphatic carbocycles. The molecule has 0 unspecified atom stereocenters. The normalized spacial score (nSPS) is 10.5. The van der Waals surface area contributed by atoms with Gasteiger partial charge in [-0.15, -0.1) is 0 Å². The summed E-state index contributed by atoms with van der Waals surface area (Å²) in [5, 5.41) is 7.32. The second-order valence-electron chi connectivity index (χ2n) is 3.82. The zero-order valence-electron chi connectivity index (χ0n) is 9.74. The molecular formula is C11H14BrN5. The molecule has 0 spiro atoms. The maximum atomic E-state index is 5.86. The van der Waals surface area contributed by atoms with Crippen LogP contribution in [0.4, 0.5) is 11.6 Å². The predicted molar refractivity (Wildman–Crippen MR) is 71.6 cm³/mol. The summed E-state index contributed by atoms with van der Waals surface area (Å²) in [6.45, 7) is 2.63. The minimum absolute atomic E-state index is 0.606. The molecule has 90 valence electrons. The SMILES string of the molecule is Cc1ccnc(NCc2cnn(C)c2N)c1Br. The van der Waals surface area contributed by atoms with Crippen molar-refractivity contribution in [2.75, 3.05) is 11.1 Å². The summed E-state index contributed by atoms with van der Waals surface area (Å²) < 4.78 is 2.62. The van der Waals surface area contributed by atoms with Crippen LogP contribution in [0.25, 0.3) is 0 Å². The summed E-state index contributed by atoms with van der Waals surface area (Å²) in [7, 11) is 1.82. The Labute approximate surface area is 108 Å². The Morgan fingerprint density at radius 1 is 1.53 bits per heavy atom. The van der Waals surface area contributed by atoms with Crippen molar-refractivity contribution in [3.05, 3.63) is 34.1 Å². The van der Waals surface area contributed by atoms with Crippen LogP contribution < -0.4 is 11.1 Å². The van der Waals surface area contributed by atoms with E-state index in [0.717, 1.165) is 21.4 Å². The summed E-state index contributed by atoms with van der Waals surface area (Å²) in [6.07, 6.45) is 3.53. The van der Waals surface area contributed by atoms with Crippen LogP contribution in [0.2, 0.25) is 0 Å². The van der Waals surface area contributed by atoms with E-state index < -0.39 is 0 Å². The van der Waals surface area contributed by atoms with Gasteiger partial charge in [0.15, 0.2) is 0 Å². The van der Waals surface area contributed by atoms with E-state index >= 15 is 0 Å². The lowest BCUT2D eigenvalue weighted by atomic mass is 10.3. The van der Waals surface area contributed by atoms with Crippen molar-refractivity contribution in [1.82, 2.24) is 14.8 Å². The van der Waals surface area contributed by atoms with Crippen molar-refractivity contribution in [3.63, 3.8) is 0 Å². The maximum Gasteiger partial charge on any atom is 0.140 e. The second kappa shape index (κ2) is 4.75. The molecule has 0 saturated carbocycles. The van der Waals surface area contributed by atoms with Crippen molar-refractivity contribution in [1.29, 1.82) is 0 Å². The third-order valence-corrected chi connectivity index (χ3v) is 3.59. The molecule has 0 aromatic carbocycles. The number of halogens is 1. The number of anilines is 2. The molecule has 0 atom stereocenters. The summed E-state index contributed by atoms with van der Waals surface area (Å²) in [4.78, 5) is 4.26. The minimum atomic E-state index is 0.606.